The van der Waals surface area contributed by atoms with Crippen LogP contribution in [-0.2, 0) is 19.1 Å². The van der Waals surface area contributed by atoms with Gasteiger partial charge in [-0.15, -0.1) is 0 Å². The average molecular weight is 397 g/mol. The molecule has 0 bridgehead atoms. The Morgan fingerprint density at radius 1 is 0.828 bits per heavy atom. The molecule has 0 amide bonds. The van der Waals surface area contributed by atoms with Crippen LogP contribution >= 0.6 is 0 Å². The third-order valence-corrected chi connectivity index (χ3v) is 3.29. The minimum atomic E-state index is -0.576. The maximum atomic E-state index is 12.0. The van der Waals surface area contributed by atoms with Crippen LogP contribution in [0.4, 0.5) is 0 Å². The average Bonchev–Trinajstić information content (AvgIpc) is 2.99. The van der Waals surface area contributed by atoms with Crippen LogP contribution in [0.5, 0.6) is 0 Å². The monoisotopic (exact) mass is 397 g/mol. The summed E-state index contributed by atoms with van der Waals surface area (Å²) in [6, 6.07) is 5.30. The number of nitrogens with zero attached hydrogens (tertiary/aromatic N) is 3. The lowest BCUT2D eigenvalue weighted by Crippen LogP contribution is -2.22. The Morgan fingerprint density at radius 2 is 1.24 bits per heavy atom. The molecular weight excluding hydrogens is 370 g/mol. The second kappa shape index (κ2) is 8.86. The molecular formula is C22H27N3O4. The number of rotatable bonds is 5. The van der Waals surface area contributed by atoms with Gasteiger partial charge in [-0.2, -0.15) is 0 Å². The minimum absolute atomic E-state index is 0.408. The number of esters is 2. The Bertz CT molecular complexity index is 858. The van der Waals surface area contributed by atoms with Gasteiger partial charge in [-0.1, -0.05) is 0 Å². The van der Waals surface area contributed by atoms with Crippen molar-refractivity contribution in [3.8, 4) is 5.95 Å². The predicted molar refractivity (Wildman–Crippen MR) is 111 cm³/mol. The lowest BCUT2D eigenvalue weighted by atomic mass is 10.2. The van der Waals surface area contributed by atoms with E-state index in [9.17, 15) is 9.59 Å². The van der Waals surface area contributed by atoms with E-state index in [0.717, 1.165) is 0 Å². The van der Waals surface area contributed by atoms with Gasteiger partial charge in [0.05, 0.1) is 0 Å². The molecule has 0 aliphatic carbocycles. The van der Waals surface area contributed by atoms with E-state index < -0.39 is 23.1 Å². The van der Waals surface area contributed by atoms with Gasteiger partial charge in [0, 0.05) is 35.9 Å². The second-order valence-electron chi connectivity index (χ2n) is 8.30. The molecule has 7 heteroatoms. The first kappa shape index (κ1) is 22.1. The highest BCUT2D eigenvalue weighted by Gasteiger charge is 2.16. The second-order valence-corrected chi connectivity index (χ2v) is 8.30. The van der Waals surface area contributed by atoms with E-state index in [0.29, 0.717) is 17.3 Å². The van der Waals surface area contributed by atoms with Gasteiger partial charge >= 0.3 is 11.9 Å². The lowest BCUT2D eigenvalue weighted by Gasteiger charge is -2.18. The van der Waals surface area contributed by atoms with E-state index in [-0.39, 0.29) is 0 Å². The van der Waals surface area contributed by atoms with Crippen LogP contribution in [0, 0.1) is 0 Å². The summed E-state index contributed by atoms with van der Waals surface area (Å²) in [6.07, 6.45) is 9.17. The van der Waals surface area contributed by atoms with Crippen LogP contribution in [0.3, 0.4) is 0 Å². The first-order chi connectivity index (χ1) is 13.4. The molecule has 154 valence electrons. The van der Waals surface area contributed by atoms with Crippen molar-refractivity contribution in [3.05, 3.63) is 54.1 Å². The quantitative estimate of drug-likeness (QED) is 0.561. The van der Waals surface area contributed by atoms with Gasteiger partial charge < -0.3 is 9.47 Å². The number of carbonyl (C=O) groups excluding carboxylic acids is 2. The van der Waals surface area contributed by atoms with Crippen molar-refractivity contribution >= 4 is 24.1 Å². The number of carbonyl (C=O) groups is 2. The molecule has 0 unspecified atom stereocenters. The summed E-state index contributed by atoms with van der Waals surface area (Å²) < 4.78 is 12.3. The van der Waals surface area contributed by atoms with Crippen molar-refractivity contribution in [2.75, 3.05) is 0 Å². The standard InChI is InChI=1S/C22H27N3O4/c1-21(2,3)28-18(26)12-10-16-8-9-17(11-13-19(27)29-22(4,5)6)25(16)20-23-14-7-15-24-20/h7-15H,1-6H3/b12-10+,13-11+. The van der Waals surface area contributed by atoms with Crippen molar-refractivity contribution in [1.29, 1.82) is 0 Å². The molecule has 0 radical (unpaired) electrons. The van der Waals surface area contributed by atoms with Crippen molar-refractivity contribution in [2.24, 2.45) is 0 Å². The highest BCUT2D eigenvalue weighted by Crippen LogP contribution is 2.18. The molecule has 2 aromatic rings. The summed E-state index contributed by atoms with van der Waals surface area (Å²) in [4.78, 5) is 32.6. The first-order valence-electron chi connectivity index (χ1n) is 9.26. The van der Waals surface area contributed by atoms with E-state index >= 15 is 0 Å². The summed E-state index contributed by atoms with van der Waals surface area (Å²) in [5.41, 5.74) is 0.164. The molecule has 0 aromatic carbocycles. The third-order valence-electron chi connectivity index (χ3n) is 3.29. The highest BCUT2D eigenvalue weighted by atomic mass is 16.6. The number of aromatic nitrogens is 3. The highest BCUT2D eigenvalue weighted by molar-refractivity contribution is 5.88. The number of ether oxygens (including phenoxy) is 2. The van der Waals surface area contributed by atoms with Crippen LogP contribution in [0.15, 0.2) is 42.7 Å². The van der Waals surface area contributed by atoms with Gasteiger partial charge in [0.15, 0.2) is 0 Å². The molecule has 0 aliphatic heterocycles. The first-order valence-corrected chi connectivity index (χ1v) is 9.26. The maximum Gasteiger partial charge on any atom is 0.331 e. The molecule has 0 atom stereocenters. The molecule has 2 rings (SSSR count). The molecule has 2 aromatic heterocycles. The predicted octanol–water partition coefficient (Wildman–Crippen LogP) is 3.98. The summed E-state index contributed by atoms with van der Waals surface area (Å²) >= 11 is 0. The smallest absolute Gasteiger partial charge is 0.331 e. The van der Waals surface area contributed by atoms with E-state index in [2.05, 4.69) is 9.97 Å². The fourth-order valence-corrected chi connectivity index (χ4v) is 2.35. The molecule has 2 heterocycles. The minimum Gasteiger partial charge on any atom is -0.457 e. The lowest BCUT2D eigenvalue weighted by molar-refractivity contribution is -0.149. The topological polar surface area (TPSA) is 83.3 Å². The van der Waals surface area contributed by atoms with Crippen molar-refractivity contribution in [2.45, 2.75) is 52.7 Å². The van der Waals surface area contributed by atoms with Crippen LogP contribution in [0.2, 0.25) is 0 Å². The Labute approximate surface area is 171 Å². The molecule has 0 saturated carbocycles. The van der Waals surface area contributed by atoms with Crippen LogP contribution in [0.1, 0.15) is 52.9 Å². The third kappa shape index (κ3) is 7.37. The van der Waals surface area contributed by atoms with E-state index in [4.69, 9.17) is 9.47 Å². The van der Waals surface area contributed by atoms with Crippen molar-refractivity contribution in [3.63, 3.8) is 0 Å². The Balaban J connectivity index is 2.34. The van der Waals surface area contributed by atoms with Gasteiger partial charge in [0.25, 0.3) is 0 Å². The Kier molecular flexibility index (Phi) is 6.74. The van der Waals surface area contributed by atoms with Crippen LogP contribution < -0.4 is 0 Å². The number of hydrogen-bond acceptors (Lipinski definition) is 6. The molecule has 0 aliphatic rings. The van der Waals surface area contributed by atoms with Gasteiger partial charge in [-0.25, -0.2) is 19.6 Å². The van der Waals surface area contributed by atoms with E-state index in [1.165, 1.54) is 12.2 Å². The summed E-state index contributed by atoms with van der Waals surface area (Å²) in [5.74, 6) is -0.500. The zero-order valence-corrected chi connectivity index (χ0v) is 17.7. The summed E-state index contributed by atoms with van der Waals surface area (Å²) in [5, 5.41) is 0. The molecule has 0 N–H and O–H groups in total. The van der Waals surface area contributed by atoms with Gasteiger partial charge in [0.1, 0.15) is 11.2 Å². The fourth-order valence-electron chi connectivity index (χ4n) is 2.35. The Morgan fingerprint density at radius 3 is 1.62 bits per heavy atom. The van der Waals surface area contributed by atoms with Gasteiger partial charge in [0.2, 0.25) is 5.95 Å². The van der Waals surface area contributed by atoms with E-state index in [1.807, 2.05) is 0 Å². The fraction of sp³-hybridized carbons (Fsp3) is 0.364. The molecule has 7 nitrogen and oxygen atoms in total. The van der Waals surface area contributed by atoms with E-state index in [1.54, 1.807) is 88.9 Å². The summed E-state index contributed by atoms with van der Waals surface area (Å²) in [6.45, 7) is 10.8. The summed E-state index contributed by atoms with van der Waals surface area (Å²) in [7, 11) is 0. The largest absolute Gasteiger partial charge is 0.457 e. The zero-order chi connectivity index (χ0) is 21.7. The molecule has 0 saturated heterocycles. The zero-order valence-electron chi connectivity index (χ0n) is 17.7. The molecule has 29 heavy (non-hydrogen) atoms. The maximum absolute atomic E-state index is 12.0. The van der Waals surface area contributed by atoms with Gasteiger partial charge in [-0.05, 0) is 71.9 Å². The molecule has 0 fully saturated rings. The van der Waals surface area contributed by atoms with Gasteiger partial charge in [-0.3, -0.25) is 4.57 Å². The van der Waals surface area contributed by atoms with Crippen molar-refractivity contribution in [1.82, 2.24) is 14.5 Å². The SMILES string of the molecule is CC(C)(C)OC(=O)/C=C/c1ccc(/C=C/C(=O)OC(C)(C)C)n1-c1ncccn1. The normalized spacial score (nSPS) is 12.5. The Hall–Kier alpha value is -3.22. The number of hydrogen-bond donors (Lipinski definition) is 0. The van der Waals surface area contributed by atoms with Crippen LogP contribution in [-0.4, -0.2) is 37.7 Å². The molecule has 0 spiro atoms. The van der Waals surface area contributed by atoms with Crippen LogP contribution in [0.25, 0.3) is 18.1 Å². The van der Waals surface area contributed by atoms with Crippen molar-refractivity contribution < 1.29 is 19.1 Å².